The van der Waals surface area contributed by atoms with Gasteiger partial charge in [0.2, 0.25) is 5.91 Å². The normalized spacial score (nSPS) is 11.1. The second kappa shape index (κ2) is 8.66. The standard InChI is InChI=1S/C19H15F3N6O2/c1-12-10-14(3-2-13(12)4-9-17(29)25-27-23)18-24-11-28(26-18)15-5-7-16(8-6-15)30-19(20,21)22/h2-3,5-8,10-11H,4,9H2,1H3. The summed E-state index contributed by atoms with van der Waals surface area (Å²) in [5.74, 6) is -0.407. The summed E-state index contributed by atoms with van der Waals surface area (Å²) in [5, 5.41) is 7.40. The van der Waals surface area contributed by atoms with E-state index < -0.39 is 12.3 Å². The van der Waals surface area contributed by atoms with Crippen LogP contribution in [0.5, 0.6) is 5.75 Å². The SMILES string of the molecule is Cc1cc(-c2ncn(-c3ccc(OC(F)(F)F)cc3)n2)ccc1CCC(=O)N=[N+]=[N-]. The van der Waals surface area contributed by atoms with Crippen molar-refractivity contribution in [2.45, 2.75) is 26.1 Å². The molecule has 0 spiro atoms. The van der Waals surface area contributed by atoms with Crippen molar-refractivity contribution in [2.75, 3.05) is 0 Å². The zero-order chi connectivity index (χ0) is 21.7. The van der Waals surface area contributed by atoms with Crippen molar-refractivity contribution in [2.24, 2.45) is 5.11 Å². The number of alkyl halides is 3. The minimum Gasteiger partial charge on any atom is -0.406 e. The van der Waals surface area contributed by atoms with Crippen molar-refractivity contribution in [1.29, 1.82) is 0 Å². The molecule has 0 saturated carbocycles. The number of aryl methyl sites for hydroxylation is 2. The highest BCUT2D eigenvalue weighted by Gasteiger charge is 2.31. The summed E-state index contributed by atoms with van der Waals surface area (Å²) >= 11 is 0. The van der Waals surface area contributed by atoms with Crippen LogP contribution in [-0.2, 0) is 11.2 Å². The van der Waals surface area contributed by atoms with Gasteiger partial charge in [0.05, 0.1) is 5.69 Å². The topological polar surface area (TPSA) is 106 Å². The fourth-order valence-corrected chi connectivity index (χ4v) is 2.78. The Labute approximate surface area is 168 Å². The number of ether oxygens (including phenoxy) is 1. The predicted molar refractivity (Wildman–Crippen MR) is 101 cm³/mol. The average molecular weight is 416 g/mol. The third-order valence-electron chi connectivity index (χ3n) is 4.19. The number of halogens is 3. The molecule has 154 valence electrons. The third-order valence-corrected chi connectivity index (χ3v) is 4.19. The highest BCUT2D eigenvalue weighted by molar-refractivity contribution is 5.77. The van der Waals surface area contributed by atoms with Crippen molar-refractivity contribution >= 4 is 5.91 Å². The lowest BCUT2D eigenvalue weighted by molar-refractivity contribution is -0.274. The molecule has 0 bridgehead atoms. The molecule has 8 nitrogen and oxygen atoms in total. The molecule has 0 aliphatic heterocycles. The van der Waals surface area contributed by atoms with E-state index in [-0.39, 0.29) is 12.2 Å². The molecule has 0 saturated heterocycles. The van der Waals surface area contributed by atoms with Gasteiger partial charge in [-0.05, 0) is 65.4 Å². The minimum absolute atomic E-state index is 0.116. The number of carbonyl (C=O) groups excluding carboxylic acids is 1. The first-order valence-corrected chi connectivity index (χ1v) is 8.71. The number of nitrogens with zero attached hydrogens (tertiary/aromatic N) is 6. The summed E-state index contributed by atoms with van der Waals surface area (Å²) < 4.78 is 42.1. The van der Waals surface area contributed by atoms with E-state index in [1.807, 2.05) is 19.1 Å². The summed E-state index contributed by atoms with van der Waals surface area (Å²) in [6.07, 6.45) is -2.73. The Morgan fingerprint density at radius 3 is 2.60 bits per heavy atom. The van der Waals surface area contributed by atoms with Crippen LogP contribution in [0.2, 0.25) is 0 Å². The maximum atomic E-state index is 12.3. The molecule has 3 aromatic rings. The van der Waals surface area contributed by atoms with Gasteiger partial charge < -0.3 is 4.74 Å². The number of hydrogen-bond donors (Lipinski definition) is 0. The van der Waals surface area contributed by atoms with E-state index in [9.17, 15) is 18.0 Å². The zero-order valence-electron chi connectivity index (χ0n) is 15.7. The molecular weight excluding hydrogens is 401 g/mol. The van der Waals surface area contributed by atoms with Crippen molar-refractivity contribution in [3.05, 3.63) is 70.4 Å². The van der Waals surface area contributed by atoms with Crippen LogP contribution in [0.1, 0.15) is 17.5 Å². The van der Waals surface area contributed by atoms with Gasteiger partial charge in [0.25, 0.3) is 0 Å². The number of carbonyl (C=O) groups is 1. The maximum absolute atomic E-state index is 12.3. The van der Waals surface area contributed by atoms with Gasteiger partial charge in [0.1, 0.15) is 12.1 Å². The second-order valence-electron chi connectivity index (χ2n) is 6.28. The van der Waals surface area contributed by atoms with Crippen LogP contribution in [0.4, 0.5) is 13.2 Å². The molecule has 0 aliphatic rings. The van der Waals surface area contributed by atoms with Gasteiger partial charge >= 0.3 is 6.36 Å². The van der Waals surface area contributed by atoms with E-state index >= 15 is 0 Å². The molecule has 30 heavy (non-hydrogen) atoms. The summed E-state index contributed by atoms with van der Waals surface area (Å²) in [5.41, 5.74) is 11.4. The van der Waals surface area contributed by atoms with Crippen LogP contribution in [0.3, 0.4) is 0 Å². The number of rotatable bonds is 6. The lowest BCUT2D eigenvalue weighted by atomic mass is 10.0. The molecule has 0 N–H and O–H groups in total. The minimum atomic E-state index is -4.75. The molecule has 0 unspecified atom stereocenters. The lowest BCUT2D eigenvalue weighted by Crippen LogP contribution is -2.17. The quantitative estimate of drug-likeness (QED) is 0.323. The van der Waals surface area contributed by atoms with Crippen molar-refractivity contribution in [3.63, 3.8) is 0 Å². The van der Waals surface area contributed by atoms with Gasteiger partial charge in [-0.15, -0.1) is 18.3 Å². The molecule has 2 aromatic carbocycles. The molecule has 0 radical (unpaired) electrons. The predicted octanol–water partition coefficient (Wildman–Crippen LogP) is 4.91. The molecule has 1 aromatic heterocycles. The molecule has 1 heterocycles. The van der Waals surface area contributed by atoms with Gasteiger partial charge in [0, 0.05) is 16.9 Å². The largest absolute Gasteiger partial charge is 0.573 e. The number of aromatic nitrogens is 3. The Morgan fingerprint density at radius 1 is 1.23 bits per heavy atom. The van der Waals surface area contributed by atoms with E-state index in [0.717, 1.165) is 16.7 Å². The lowest BCUT2D eigenvalue weighted by Gasteiger charge is -2.09. The van der Waals surface area contributed by atoms with Gasteiger partial charge in [-0.3, -0.25) is 4.79 Å². The third kappa shape index (κ3) is 5.36. The molecule has 3 rings (SSSR count). The summed E-state index contributed by atoms with van der Waals surface area (Å²) in [6, 6.07) is 10.8. The molecule has 0 atom stereocenters. The Hall–Kier alpha value is -3.85. The molecular formula is C19H15F3N6O2. The fourth-order valence-electron chi connectivity index (χ4n) is 2.78. The first-order chi connectivity index (χ1) is 14.2. The van der Waals surface area contributed by atoms with E-state index in [2.05, 4.69) is 24.8 Å². The second-order valence-corrected chi connectivity index (χ2v) is 6.28. The first kappa shape index (κ1) is 20.9. The number of hydrogen-bond acceptors (Lipinski definition) is 4. The Bertz CT molecular complexity index is 1100. The van der Waals surface area contributed by atoms with Gasteiger partial charge in [-0.2, -0.15) is 0 Å². The summed E-state index contributed by atoms with van der Waals surface area (Å²) in [4.78, 5) is 18.1. The van der Waals surface area contributed by atoms with Crippen LogP contribution in [0, 0.1) is 6.92 Å². The smallest absolute Gasteiger partial charge is 0.406 e. The zero-order valence-corrected chi connectivity index (χ0v) is 15.7. The molecule has 0 aliphatic carbocycles. The maximum Gasteiger partial charge on any atom is 0.573 e. The molecule has 1 amide bonds. The van der Waals surface area contributed by atoms with Crippen molar-refractivity contribution < 1.29 is 22.7 Å². The Kier molecular flexibility index (Phi) is 6.03. The van der Waals surface area contributed by atoms with Gasteiger partial charge in [0.15, 0.2) is 5.82 Å². The van der Waals surface area contributed by atoms with Crippen LogP contribution in [-0.4, -0.2) is 27.0 Å². The molecule has 11 heteroatoms. The highest BCUT2D eigenvalue weighted by Crippen LogP contribution is 2.24. The van der Waals surface area contributed by atoms with Crippen LogP contribution in [0.15, 0.2) is 53.9 Å². The van der Waals surface area contributed by atoms with Gasteiger partial charge in [-0.1, -0.05) is 12.1 Å². The van der Waals surface area contributed by atoms with Crippen LogP contribution in [0.25, 0.3) is 27.5 Å². The Balaban J connectivity index is 1.73. The van der Waals surface area contributed by atoms with Crippen molar-refractivity contribution in [1.82, 2.24) is 14.8 Å². The van der Waals surface area contributed by atoms with Crippen molar-refractivity contribution in [3.8, 4) is 22.8 Å². The number of azide groups is 1. The number of amides is 1. The average Bonchev–Trinajstić information content (AvgIpc) is 3.17. The van der Waals surface area contributed by atoms with E-state index in [4.69, 9.17) is 5.53 Å². The first-order valence-electron chi connectivity index (χ1n) is 8.71. The Morgan fingerprint density at radius 2 is 1.97 bits per heavy atom. The summed E-state index contributed by atoms with van der Waals surface area (Å²) in [6.45, 7) is 1.88. The summed E-state index contributed by atoms with van der Waals surface area (Å²) in [7, 11) is 0. The van der Waals surface area contributed by atoms with E-state index in [1.54, 1.807) is 6.07 Å². The highest BCUT2D eigenvalue weighted by atomic mass is 19.4. The van der Waals surface area contributed by atoms with E-state index in [0.29, 0.717) is 17.9 Å². The molecule has 0 fully saturated rings. The number of benzene rings is 2. The van der Waals surface area contributed by atoms with Gasteiger partial charge in [-0.25, -0.2) is 9.67 Å². The van der Waals surface area contributed by atoms with E-state index in [1.165, 1.54) is 35.3 Å². The van der Waals surface area contributed by atoms with Crippen LogP contribution < -0.4 is 4.74 Å². The fraction of sp³-hybridized carbons (Fsp3) is 0.211. The van der Waals surface area contributed by atoms with Crippen LogP contribution >= 0.6 is 0 Å². The monoisotopic (exact) mass is 416 g/mol.